The molecule has 9 atom stereocenters. The number of amides is 1. The molecule has 0 saturated carbocycles. The number of likely N-dealkylation sites (tertiary alicyclic amines) is 1. The number of nitrogens with zero attached hydrogens (tertiary/aromatic N) is 3. The van der Waals surface area contributed by atoms with Crippen molar-refractivity contribution < 1.29 is 52.6 Å². The van der Waals surface area contributed by atoms with Crippen LogP contribution < -0.4 is 0 Å². The third kappa shape index (κ3) is 13.4. The van der Waals surface area contributed by atoms with Gasteiger partial charge in [0.1, 0.15) is 11.4 Å². The van der Waals surface area contributed by atoms with E-state index in [-0.39, 0.29) is 31.2 Å². The second-order valence-electron chi connectivity index (χ2n) is 19.0. The zero-order valence-corrected chi connectivity index (χ0v) is 38.7. The van der Waals surface area contributed by atoms with Gasteiger partial charge in [0.15, 0.2) is 12.4 Å². The molecule has 0 aliphatic carbocycles. The van der Waals surface area contributed by atoms with Crippen molar-refractivity contribution in [1.82, 2.24) is 14.7 Å². The van der Waals surface area contributed by atoms with E-state index in [1.54, 1.807) is 57.0 Å². The summed E-state index contributed by atoms with van der Waals surface area (Å²) >= 11 is 0. The molecule has 1 amide bonds. The molecule has 14 heteroatoms. The summed E-state index contributed by atoms with van der Waals surface area (Å²) in [6.07, 6.45) is 1.25. The van der Waals surface area contributed by atoms with Crippen molar-refractivity contribution in [1.29, 1.82) is 0 Å². The van der Waals surface area contributed by atoms with Crippen LogP contribution in [0.25, 0.3) is 0 Å². The maximum Gasteiger partial charge on any atom is 0.410 e. The van der Waals surface area contributed by atoms with E-state index in [4.69, 9.17) is 33.2 Å². The van der Waals surface area contributed by atoms with Crippen LogP contribution in [0.15, 0.2) is 41.7 Å². The van der Waals surface area contributed by atoms with E-state index in [2.05, 4.69) is 4.90 Å². The largest absolute Gasteiger partial charge is 0.456 e. The molecule has 1 aromatic carbocycles. The molecule has 4 rings (SSSR count). The fraction of sp³-hybridized carbons (Fsp3) is 0.761. The lowest BCUT2D eigenvalue weighted by Crippen LogP contribution is -2.60. The second-order valence-corrected chi connectivity index (χ2v) is 19.0. The maximum absolute atomic E-state index is 13.9. The fourth-order valence-electron chi connectivity index (χ4n) is 8.80. The lowest BCUT2D eigenvalue weighted by Gasteiger charge is -2.48. The van der Waals surface area contributed by atoms with Crippen molar-refractivity contribution in [3.05, 3.63) is 47.2 Å². The van der Waals surface area contributed by atoms with Crippen LogP contribution in [-0.2, 0) is 38.0 Å². The van der Waals surface area contributed by atoms with Crippen LogP contribution >= 0.6 is 0 Å². The molecule has 0 spiro atoms. The summed E-state index contributed by atoms with van der Waals surface area (Å²) in [6, 6.07) is 8.09. The predicted molar refractivity (Wildman–Crippen MR) is 228 cm³/mol. The van der Waals surface area contributed by atoms with Gasteiger partial charge in [0, 0.05) is 33.4 Å². The Bertz CT molecular complexity index is 1590. The third-order valence-corrected chi connectivity index (χ3v) is 11.8. The van der Waals surface area contributed by atoms with Crippen molar-refractivity contribution in [2.24, 2.45) is 11.8 Å². The maximum atomic E-state index is 13.9. The smallest absolute Gasteiger partial charge is 0.410 e. The Morgan fingerprint density at radius 3 is 2.28 bits per heavy atom. The van der Waals surface area contributed by atoms with Gasteiger partial charge >= 0.3 is 18.0 Å². The SMILES string of the molecule is CO[C@](C)(C[C@@H](C)CN(C(=O)OC(C)(C)C)[C@@H](CO)CCCN1CCCC1)[C@H](O[C@@H]1O[C@H](C)C[C@H](N(C)C)[C@H]1OC(=O)c1ccccc1)[C@@H](C)C1=C(C)C(=O)OC(C)(C)O1. The van der Waals surface area contributed by atoms with E-state index < -0.39 is 65.5 Å². The van der Waals surface area contributed by atoms with E-state index in [0.717, 1.165) is 26.1 Å². The third-order valence-electron chi connectivity index (χ3n) is 11.8. The molecule has 3 aliphatic heterocycles. The number of cyclic esters (lactones) is 1. The highest BCUT2D eigenvalue weighted by molar-refractivity contribution is 5.90. The average molecular weight is 846 g/mol. The molecule has 0 aromatic heterocycles. The van der Waals surface area contributed by atoms with Crippen LogP contribution in [0.1, 0.15) is 118 Å². The molecule has 60 heavy (non-hydrogen) atoms. The Morgan fingerprint density at radius 1 is 1.05 bits per heavy atom. The van der Waals surface area contributed by atoms with E-state index in [9.17, 15) is 19.5 Å². The van der Waals surface area contributed by atoms with Crippen molar-refractivity contribution in [3.63, 3.8) is 0 Å². The zero-order chi connectivity index (χ0) is 44.6. The van der Waals surface area contributed by atoms with Crippen molar-refractivity contribution in [3.8, 4) is 0 Å². The standard InChI is InChI=1S/C46H75N3O11/c1-30(28-49(43(53)60-44(5,6)7)35(29-50)22-19-25-48-23-17-18-24-48)27-46(10,54-13)39(32(3)37-33(4)40(51)59-45(8,9)58-37)57-42-38(36(47(11)12)26-31(2)55-42)56-41(52)34-20-15-14-16-21-34/h14-16,20-21,30-32,35-36,38-39,42,50H,17-19,22-29H2,1-13H3/t30-,31-,32+,35-,36+,38-,39-,42+,46-/m1/s1. The Labute approximate surface area is 359 Å². The van der Waals surface area contributed by atoms with E-state index in [1.807, 2.05) is 73.5 Å². The number of methoxy groups -OCH3 is 1. The van der Waals surface area contributed by atoms with Gasteiger partial charge in [-0.15, -0.1) is 0 Å². The van der Waals surface area contributed by atoms with Gasteiger partial charge < -0.3 is 53.0 Å². The Kier molecular flexibility index (Phi) is 17.5. The van der Waals surface area contributed by atoms with E-state index in [1.165, 1.54) is 12.8 Å². The molecular formula is C46H75N3O11. The molecule has 14 nitrogen and oxygen atoms in total. The Hall–Kier alpha value is -3.27. The van der Waals surface area contributed by atoms with E-state index in [0.29, 0.717) is 36.2 Å². The molecule has 1 N–H and O–H groups in total. The lowest BCUT2D eigenvalue weighted by atomic mass is 9.80. The van der Waals surface area contributed by atoms with Gasteiger partial charge in [-0.2, -0.15) is 0 Å². The van der Waals surface area contributed by atoms with Gasteiger partial charge in [0.05, 0.1) is 47.6 Å². The summed E-state index contributed by atoms with van der Waals surface area (Å²) in [5.74, 6) is -2.70. The number of esters is 2. The number of carbonyl (C=O) groups is 3. The van der Waals surface area contributed by atoms with Crippen LogP contribution in [0.4, 0.5) is 4.79 Å². The molecule has 3 heterocycles. The first-order valence-electron chi connectivity index (χ1n) is 21.8. The summed E-state index contributed by atoms with van der Waals surface area (Å²) in [5, 5.41) is 10.7. The number of benzene rings is 1. The van der Waals surface area contributed by atoms with Crippen LogP contribution in [0.3, 0.4) is 0 Å². The van der Waals surface area contributed by atoms with E-state index >= 15 is 0 Å². The molecular weight excluding hydrogens is 771 g/mol. The average Bonchev–Trinajstić information content (AvgIpc) is 3.69. The van der Waals surface area contributed by atoms with Gasteiger partial charge in [-0.1, -0.05) is 32.0 Å². The second kappa shape index (κ2) is 21.2. The van der Waals surface area contributed by atoms with Crippen molar-refractivity contribution in [2.75, 3.05) is 54.0 Å². The number of carbonyl (C=O) groups excluding carboxylic acids is 3. The minimum Gasteiger partial charge on any atom is -0.456 e. The van der Waals surface area contributed by atoms with Gasteiger partial charge in [-0.05, 0) is 132 Å². The van der Waals surface area contributed by atoms with Crippen LogP contribution in [0, 0.1) is 11.8 Å². The lowest BCUT2D eigenvalue weighted by molar-refractivity contribution is -0.298. The number of aliphatic hydroxyl groups excluding tert-OH is 1. The minimum absolute atomic E-state index is 0.208. The predicted octanol–water partition coefficient (Wildman–Crippen LogP) is 6.79. The first-order valence-corrected chi connectivity index (χ1v) is 21.8. The summed E-state index contributed by atoms with van der Waals surface area (Å²) in [4.78, 5) is 46.9. The molecule has 0 unspecified atom stereocenters. The fourth-order valence-corrected chi connectivity index (χ4v) is 8.80. The normalized spacial score (nSPS) is 25.4. The number of ether oxygens (including phenoxy) is 7. The number of hydrogen-bond donors (Lipinski definition) is 1. The van der Waals surface area contributed by atoms with Gasteiger partial charge in [0.25, 0.3) is 0 Å². The summed E-state index contributed by atoms with van der Waals surface area (Å²) < 4.78 is 44.3. The molecule has 3 aliphatic rings. The minimum atomic E-state index is -1.25. The Balaban J connectivity index is 1.72. The van der Waals surface area contributed by atoms with Gasteiger partial charge in [-0.3, -0.25) is 0 Å². The van der Waals surface area contributed by atoms with Crippen molar-refractivity contribution >= 4 is 18.0 Å². The Morgan fingerprint density at radius 2 is 1.70 bits per heavy atom. The molecule has 340 valence electrons. The van der Waals surface area contributed by atoms with Crippen LogP contribution in [0.2, 0.25) is 0 Å². The highest BCUT2D eigenvalue weighted by Crippen LogP contribution is 2.41. The zero-order valence-electron chi connectivity index (χ0n) is 38.7. The quantitative estimate of drug-likeness (QED) is 0.115. The summed E-state index contributed by atoms with van der Waals surface area (Å²) in [7, 11) is 5.48. The van der Waals surface area contributed by atoms with Gasteiger partial charge in [-0.25, -0.2) is 14.4 Å². The van der Waals surface area contributed by atoms with Crippen LogP contribution in [0.5, 0.6) is 0 Å². The molecule has 0 bridgehead atoms. The molecule has 2 saturated heterocycles. The highest BCUT2D eigenvalue weighted by atomic mass is 16.7. The topological polar surface area (TPSA) is 146 Å². The first-order chi connectivity index (χ1) is 28.1. The first kappa shape index (κ1) is 49.4. The molecule has 2 fully saturated rings. The van der Waals surface area contributed by atoms with Crippen molar-refractivity contribution in [2.45, 2.75) is 161 Å². The highest BCUT2D eigenvalue weighted by Gasteiger charge is 2.51. The summed E-state index contributed by atoms with van der Waals surface area (Å²) in [5.41, 5.74) is -1.16. The monoisotopic (exact) mass is 846 g/mol. The number of rotatable bonds is 19. The number of likely N-dealkylation sites (N-methyl/N-ethyl adjacent to an activating group) is 1. The number of hydrogen-bond acceptors (Lipinski definition) is 13. The van der Waals surface area contributed by atoms with Gasteiger partial charge in [0.2, 0.25) is 5.79 Å². The summed E-state index contributed by atoms with van der Waals surface area (Å²) in [6.45, 7) is 21.5. The molecule has 1 aromatic rings. The van der Waals surface area contributed by atoms with Crippen LogP contribution in [-0.4, -0.2) is 146 Å². The molecule has 0 radical (unpaired) electrons. The number of aliphatic hydroxyl groups is 1.